The lowest BCUT2D eigenvalue weighted by Gasteiger charge is -2.05. The third-order valence-electron chi connectivity index (χ3n) is 2.50. The summed E-state index contributed by atoms with van der Waals surface area (Å²) >= 11 is 1.17. The van der Waals surface area contributed by atoms with E-state index in [1.165, 1.54) is 17.7 Å². The zero-order chi connectivity index (χ0) is 13.3. The van der Waals surface area contributed by atoms with E-state index in [1.807, 2.05) is 0 Å². The summed E-state index contributed by atoms with van der Waals surface area (Å²) in [4.78, 5) is 31.1. The van der Waals surface area contributed by atoms with Crippen molar-refractivity contribution < 1.29 is 9.90 Å². The first-order valence-electron chi connectivity index (χ1n) is 5.43. The molecule has 2 aromatic heterocycles. The van der Waals surface area contributed by atoms with Crippen LogP contribution in [0.25, 0.3) is 10.2 Å². The molecule has 0 radical (unpaired) electrons. The van der Waals surface area contributed by atoms with Gasteiger partial charge in [0.1, 0.15) is 4.83 Å². The number of aryl methyl sites for hydroxylation is 1. The molecule has 0 saturated carbocycles. The van der Waals surface area contributed by atoms with Gasteiger partial charge in [0.2, 0.25) is 0 Å². The number of carbonyl (C=O) groups is 1. The van der Waals surface area contributed by atoms with Crippen LogP contribution in [0.1, 0.15) is 22.2 Å². The summed E-state index contributed by atoms with van der Waals surface area (Å²) < 4.78 is 0. The third kappa shape index (κ3) is 2.27. The predicted octanol–water partition coefficient (Wildman–Crippen LogP) is 0.404. The Balaban J connectivity index is 2.40. The van der Waals surface area contributed by atoms with Gasteiger partial charge in [0.05, 0.1) is 22.7 Å². The minimum atomic E-state index is -0.606. The maximum atomic E-state index is 11.9. The lowest BCUT2D eigenvalue weighted by atomic mass is 10.2. The van der Waals surface area contributed by atoms with Gasteiger partial charge in [-0.25, -0.2) is 4.98 Å². The fraction of sp³-hybridized carbons (Fsp3) is 0.364. The van der Waals surface area contributed by atoms with E-state index in [0.717, 1.165) is 0 Å². The number of amides is 1. The van der Waals surface area contributed by atoms with Crippen molar-refractivity contribution in [1.82, 2.24) is 15.3 Å². The van der Waals surface area contributed by atoms with Crippen LogP contribution < -0.4 is 10.9 Å². The van der Waals surface area contributed by atoms with E-state index in [4.69, 9.17) is 5.11 Å². The molecule has 0 saturated heterocycles. The van der Waals surface area contributed by atoms with Gasteiger partial charge in [0.25, 0.3) is 11.5 Å². The molecule has 0 fully saturated rings. The van der Waals surface area contributed by atoms with Gasteiger partial charge < -0.3 is 15.4 Å². The van der Waals surface area contributed by atoms with Gasteiger partial charge in [0, 0.05) is 6.54 Å². The summed E-state index contributed by atoms with van der Waals surface area (Å²) in [6.07, 6.45) is 0.711. The first-order valence-corrected chi connectivity index (χ1v) is 6.25. The first kappa shape index (κ1) is 12.7. The molecule has 0 spiro atoms. The quantitative estimate of drug-likeness (QED) is 0.750. The van der Waals surface area contributed by atoms with E-state index >= 15 is 0 Å². The van der Waals surface area contributed by atoms with Crippen molar-refractivity contribution in [3.8, 4) is 0 Å². The number of nitrogens with zero attached hydrogens (tertiary/aromatic N) is 1. The van der Waals surface area contributed by atoms with Gasteiger partial charge in [0.15, 0.2) is 0 Å². The minimum Gasteiger partial charge on any atom is -0.392 e. The van der Waals surface area contributed by atoms with Crippen molar-refractivity contribution in [2.45, 2.75) is 20.0 Å². The fourth-order valence-electron chi connectivity index (χ4n) is 1.62. The summed E-state index contributed by atoms with van der Waals surface area (Å²) in [5.74, 6) is -0.296. The molecule has 7 heteroatoms. The van der Waals surface area contributed by atoms with Crippen molar-refractivity contribution in [3.63, 3.8) is 0 Å². The lowest BCUT2D eigenvalue weighted by Crippen LogP contribution is -2.30. The largest absolute Gasteiger partial charge is 0.392 e. The summed E-state index contributed by atoms with van der Waals surface area (Å²) in [7, 11) is 0. The number of nitrogens with one attached hydrogen (secondary N) is 2. The highest BCUT2D eigenvalue weighted by atomic mass is 32.1. The van der Waals surface area contributed by atoms with Gasteiger partial charge in [-0.1, -0.05) is 0 Å². The monoisotopic (exact) mass is 267 g/mol. The van der Waals surface area contributed by atoms with Gasteiger partial charge in [-0.15, -0.1) is 11.3 Å². The van der Waals surface area contributed by atoms with E-state index in [-0.39, 0.29) is 18.0 Å². The molecule has 1 atom stereocenters. The number of hydrogen-bond acceptors (Lipinski definition) is 5. The van der Waals surface area contributed by atoms with Crippen molar-refractivity contribution in [3.05, 3.63) is 27.1 Å². The van der Waals surface area contributed by atoms with Gasteiger partial charge >= 0.3 is 0 Å². The highest BCUT2D eigenvalue weighted by Gasteiger charge is 2.18. The molecule has 0 bridgehead atoms. The van der Waals surface area contributed by atoms with Crippen LogP contribution in [-0.4, -0.2) is 33.6 Å². The molecule has 2 heterocycles. The van der Waals surface area contributed by atoms with Crippen LogP contribution in [0.5, 0.6) is 0 Å². The molecular weight excluding hydrogens is 254 g/mol. The molecule has 0 aliphatic rings. The zero-order valence-electron chi connectivity index (χ0n) is 9.98. The number of aliphatic hydroxyl groups is 1. The molecule has 0 aliphatic carbocycles. The Morgan fingerprint density at radius 2 is 2.39 bits per heavy atom. The van der Waals surface area contributed by atoms with Crippen LogP contribution in [0.4, 0.5) is 0 Å². The van der Waals surface area contributed by atoms with E-state index in [1.54, 1.807) is 13.8 Å². The lowest BCUT2D eigenvalue weighted by molar-refractivity contribution is 0.0927. The maximum Gasteiger partial charge on any atom is 0.261 e. The number of H-pyrrole nitrogens is 1. The number of aromatic nitrogens is 2. The zero-order valence-corrected chi connectivity index (χ0v) is 10.8. The average Bonchev–Trinajstić information content (AvgIpc) is 2.65. The predicted molar refractivity (Wildman–Crippen MR) is 69.0 cm³/mol. The van der Waals surface area contributed by atoms with Crippen LogP contribution in [-0.2, 0) is 0 Å². The number of thiophene rings is 1. The third-order valence-corrected chi connectivity index (χ3v) is 3.70. The standard InChI is InChI=1S/C11H13N3O3S/c1-5(15)3-12-10(17)8-6(2)7-9(16)13-4-14-11(7)18-8/h4-5,15H,3H2,1-2H3,(H,12,17)(H,13,14,16). The summed E-state index contributed by atoms with van der Waals surface area (Å²) in [5.41, 5.74) is 0.371. The van der Waals surface area contributed by atoms with E-state index in [2.05, 4.69) is 15.3 Å². The van der Waals surface area contributed by atoms with Crippen LogP contribution in [0, 0.1) is 6.92 Å². The van der Waals surface area contributed by atoms with Crippen LogP contribution in [0.3, 0.4) is 0 Å². The molecule has 1 amide bonds. The Morgan fingerprint density at radius 1 is 1.67 bits per heavy atom. The van der Waals surface area contributed by atoms with Crippen molar-refractivity contribution in [1.29, 1.82) is 0 Å². The molecular formula is C11H13N3O3S. The van der Waals surface area contributed by atoms with Crippen LogP contribution in [0.2, 0.25) is 0 Å². The molecule has 1 unspecified atom stereocenters. The number of hydrogen-bond donors (Lipinski definition) is 3. The van der Waals surface area contributed by atoms with Crippen molar-refractivity contribution in [2.24, 2.45) is 0 Å². The molecule has 0 aromatic carbocycles. The van der Waals surface area contributed by atoms with Gasteiger partial charge in [-0.2, -0.15) is 0 Å². The molecule has 18 heavy (non-hydrogen) atoms. The molecule has 0 aliphatic heterocycles. The summed E-state index contributed by atoms with van der Waals surface area (Å²) in [5, 5.41) is 12.2. The molecule has 3 N–H and O–H groups in total. The number of aliphatic hydroxyl groups excluding tert-OH is 1. The smallest absolute Gasteiger partial charge is 0.261 e. The van der Waals surface area contributed by atoms with E-state index in [0.29, 0.717) is 20.7 Å². The number of aromatic amines is 1. The van der Waals surface area contributed by atoms with Crippen LogP contribution in [0.15, 0.2) is 11.1 Å². The summed E-state index contributed by atoms with van der Waals surface area (Å²) in [6, 6.07) is 0. The average molecular weight is 267 g/mol. The maximum absolute atomic E-state index is 11.9. The highest BCUT2D eigenvalue weighted by molar-refractivity contribution is 7.20. The Labute approximate surface area is 107 Å². The number of carbonyl (C=O) groups excluding carboxylic acids is 1. The second-order valence-corrected chi connectivity index (χ2v) is 5.03. The minimum absolute atomic E-state index is 0.177. The Kier molecular flexibility index (Phi) is 3.44. The SMILES string of the molecule is Cc1c(C(=O)NCC(C)O)sc2nc[nH]c(=O)c12. The Hall–Kier alpha value is -1.73. The van der Waals surface area contributed by atoms with Gasteiger partial charge in [-0.3, -0.25) is 9.59 Å². The first-order chi connectivity index (χ1) is 8.50. The topological polar surface area (TPSA) is 95.1 Å². The number of rotatable bonds is 3. The van der Waals surface area contributed by atoms with Crippen molar-refractivity contribution >= 4 is 27.5 Å². The normalized spacial score (nSPS) is 12.6. The number of fused-ring (bicyclic) bond motifs is 1. The summed E-state index contributed by atoms with van der Waals surface area (Å²) in [6.45, 7) is 3.48. The van der Waals surface area contributed by atoms with E-state index in [9.17, 15) is 9.59 Å². The van der Waals surface area contributed by atoms with Crippen LogP contribution >= 0.6 is 11.3 Å². The molecule has 6 nitrogen and oxygen atoms in total. The van der Waals surface area contributed by atoms with Crippen molar-refractivity contribution in [2.75, 3.05) is 6.54 Å². The second kappa shape index (κ2) is 4.87. The van der Waals surface area contributed by atoms with Gasteiger partial charge in [-0.05, 0) is 19.4 Å². The molecule has 2 rings (SSSR count). The Bertz CT molecular complexity index is 645. The fourth-order valence-corrected chi connectivity index (χ4v) is 2.68. The Morgan fingerprint density at radius 3 is 3.00 bits per heavy atom. The second-order valence-electron chi connectivity index (χ2n) is 4.03. The highest BCUT2D eigenvalue weighted by Crippen LogP contribution is 2.26. The van der Waals surface area contributed by atoms with E-state index < -0.39 is 6.10 Å². The molecule has 96 valence electrons. The molecule has 2 aromatic rings.